The predicted octanol–water partition coefficient (Wildman–Crippen LogP) is -0.591. The van der Waals surface area contributed by atoms with Crippen molar-refractivity contribution in [1.29, 1.82) is 0 Å². The van der Waals surface area contributed by atoms with Gasteiger partial charge in [-0.15, -0.1) is 22.0 Å². The van der Waals surface area contributed by atoms with E-state index in [0.717, 1.165) is 35.5 Å². The highest BCUT2D eigenvalue weighted by molar-refractivity contribution is 8.01. The lowest BCUT2D eigenvalue weighted by Gasteiger charge is -2.56. The Hall–Kier alpha value is -2.11. The number of carboxylic acid groups (broad SMARTS) is 1. The average Bonchev–Trinajstić information content (AvgIpc) is 3.31. The molecule has 0 aromatic carbocycles. The SMILES string of the molecule is CO[C@@]1(NC(=O)CSC(F)(F)F)C(=O)N2C(C(=O)O)=C(C(CCNS(=O)(=O)O)Sc3nn[nH]n3)CS[C@H]21. The number of carbonyl (C=O) groups is 3. The van der Waals surface area contributed by atoms with E-state index in [9.17, 15) is 41.1 Å². The molecule has 206 valence electrons. The van der Waals surface area contributed by atoms with E-state index in [0.29, 0.717) is 0 Å². The molecule has 22 heteroatoms. The number of hydrogen-bond acceptors (Lipinski definition) is 12. The van der Waals surface area contributed by atoms with E-state index in [1.54, 1.807) is 0 Å². The van der Waals surface area contributed by atoms with Crippen molar-refractivity contribution in [3.05, 3.63) is 11.3 Å². The molecule has 0 spiro atoms. The van der Waals surface area contributed by atoms with Gasteiger partial charge in [-0.3, -0.25) is 19.0 Å². The number of hydrogen-bond donors (Lipinski definition) is 5. The molecule has 15 nitrogen and oxygen atoms in total. The van der Waals surface area contributed by atoms with Gasteiger partial charge in [0.25, 0.3) is 11.6 Å². The number of methoxy groups -OCH3 is 1. The highest BCUT2D eigenvalue weighted by Crippen LogP contribution is 2.49. The number of aromatic nitrogens is 4. The summed E-state index contributed by atoms with van der Waals surface area (Å²) in [6.07, 6.45) is -0.0702. The molecule has 1 saturated heterocycles. The molecule has 0 bridgehead atoms. The summed E-state index contributed by atoms with van der Waals surface area (Å²) < 4.78 is 75.4. The summed E-state index contributed by atoms with van der Waals surface area (Å²) in [4.78, 5) is 38.3. The third kappa shape index (κ3) is 6.86. The first kappa shape index (κ1) is 29.4. The molecular formula is C15H18F3N7O8S4. The van der Waals surface area contributed by atoms with E-state index in [-0.39, 0.29) is 29.4 Å². The van der Waals surface area contributed by atoms with Gasteiger partial charge < -0.3 is 15.2 Å². The molecule has 2 aliphatic heterocycles. The second-order valence-electron chi connectivity index (χ2n) is 7.20. The minimum absolute atomic E-state index is 0.0598. The van der Waals surface area contributed by atoms with Crippen molar-refractivity contribution < 1.29 is 50.4 Å². The summed E-state index contributed by atoms with van der Waals surface area (Å²) in [6, 6.07) is 0. The Labute approximate surface area is 218 Å². The van der Waals surface area contributed by atoms with Crippen LogP contribution in [0.5, 0.6) is 0 Å². The van der Waals surface area contributed by atoms with Crippen LogP contribution < -0.4 is 10.0 Å². The van der Waals surface area contributed by atoms with Gasteiger partial charge in [-0.05, 0) is 29.0 Å². The fourth-order valence-electron chi connectivity index (χ4n) is 3.49. The van der Waals surface area contributed by atoms with Crippen LogP contribution in [0.1, 0.15) is 6.42 Å². The molecule has 0 aliphatic carbocycles. The van der Waals surface area contributed by atoms with E-state index in [4.69, 9.17) is 9.29 Å². The van der Waals surface area contributed by atoms with Crippen LogP contribution in [0.25, 0.3) is 0 Å². The van der Waals surface area contributed by atoms with Crippen LogP contribution in [0.2, 0.25) is 0 Å². The number of aliphatic carboxylic acids is 1. The van der Waals surface area contributed by atoms with Crippen molar-refractivity contribution in [3.8, 4) is 0 Å². The fourth-order valence-corrected chi connectivity index (χ4v) is 6.87. The van der Waals surface area contributed by atoms with E-state index in [2.05, 4.69) is 25.9 Å². The van der Waals surface area contributed by atoms with Gasteiger partial charge in [-0.2, -0.15) is 31.5 Å². The lowest BCUT2D eigenvalue weighted by atomic mass is 9.96. The number of ether oxygens (including phenoxy) is 1. The number of carboxylic acids is 1. The van der Waals surface area contributed by atoms with Gasteiger partial charge in [0.05, 0.1) is 5.75 Å². The fraction of sp³-hybridized carbons (Fsp3) is 0.600. The Morgan fingerprint density at radius 3 is 2.68 bits per heavy atom. The maximum atomic E-state index is 13.1. The minimum atomic E-state index is -4.68. The number of alkyl halides is 3. The molecule has 3 rings (SSSR count). The number of halogens is 3. The standard InChI is InChI=1S/C15H18F3N7O8S4/c1-33-14(20-8(26)5-35-15(16,17)18)11(29)25-9(10(27)28)6(4-34-12(14)25)7(2-3-19-37(30,31)32)36-13-21-23-24-22-13/h7,12,19H,2-5H2,1H3,(H,20,26)(H,27,28)(H,30,31,32)(H,21,22,23,24)/t7?,12-,14-/m0/s1. The third-order valence-electron chi connectivity index (χ3n) is 4.93. The van der Waals surface area contributed by atoms with Gasteiger partial charge in [0.1, 0.15) is 11.1 Å². The normalized spacial score (nSPS) is 22.9. The first-order chi connectivity index (χ1) is 17.2. The monoisotopic (exact) mass is 609 g/mol. The van der Waals surface area contributed by atoms with Crippen molar-refractivity contribution in [1.82, 2.24) is 35.6 Å². The quantitative estimate of drug-likeness (QED) is 0.0866. The first-order valence-electron chi connectivity index (χ1n) is 9.79. The predicted molar refractivity (Wildman–Crippen MR) is 122 cm³/mol. The number of amides is 2. The van der Waals surface area contributed by atoms with E-state index < -0.39 is 73.2 Å². The number of H-pyrrole nitrogens is 1. The van der Waals surface area contributed by atoms with Crippen molar-refractivity contribution in [2.75, 3.05) is 25.2 Å². The van der Waals surface area contributed by atoms with Crippen molar-refractivity contribution in [2.45, 2.75) is 33.4 Å². The van der Waals surface area contributed by atoms with Gasteiger partial charge in [0, 0.05) is 24.7 Å². The number of nitrogens with zero attached hydrogens (tertiary/aromatic N) is 4. The Bertz CT molecular complexity index is 1180. The smallest absolute Gasteiger partial charge is 0.442 e. The topological polar surface area (TPSA) is 217 Å². The molecule has 5 N–H and O–H groups in total. The second kappa shape index (κ2) is 11.3. The molecule has 1 aromatic heterocycles. The van der Waals surface area contributed by atoms with Gasteiger partial charge in [0.2, 0.25) is 11.1 Å². The van der Waals surface area contributed by atoms with Crippen molar-refractivity contribution >= 4 is 63.4 Å². The first-order valence-corrected chi connectivity index (χ1v) is 14.1. The molecular weight excluding hydrogens is 591 g/mol. The Kier molecular flexibility index (Phi) is 9.01. The number of aromatic amines is 1. The van der Waals surface area contributed by atoms with Crippen LogP contribution in [0.3, 0.4) is 0 Å². The second-order valence-corrected chi connectivity index (χ2v) is 11.7. The minimum Gasteiger partial charge on any atom is -0.477 e. The highest BCUT2D eigenvalue weighted by Gasteiger charge is 2.67. The zero-order valence-corrected chi connectivity index (χ0v) is 21.6. The molecule has 37 heavy (non-hydrogen) atoms. The Morgan fingerprint density at radius 1 is 1.43 bits per heavy atom. The molecule has 0 radical (unpaired) electrons. The van der Waals surface area contributed by atoms with Gasteiger partial charge >= 0.3 is 21.8 Å². The molecule has 1 unspecified atom stereocenters. The lowest BCUT2D eigenvalue weighted by molar-refractivity contribution is -0.192. The maximum absolute atomic E-state index is 13.1. The van der Waals surface area contributed by atoms with E-state index >= 15 is 0 Å². The summed E-state index contributed by atoms with van der Waals surface area (Å²) in [5, 5.41) is 23.4. The summed E-state index contributed by atoms with van der Waals surface area (Å²) in [5.41, 5.74) is -7.09. The number of tetrazole rings is 1. The largest absolute Gasteiger partial charge is 0.477 e. The van der Waals surface area contributed by atoms with Crippen molar-refractivity contribution in [3.63, 3.8) is 0 Å². The molecule has 2 aliphatic rings. The Morgan fingerprint density at radius 2 is 2.14 bits per heavy atom. The Balaban J connectivity index is 1.88. The van der Waals surface area contributed by atoms with Gasteiger partial charge in [-0.1, -0.05) is 11.8 Å². The zero-order valence-electron chi connectivity index (χ0n) is 18.4. The van der Waals surface area contributed by atoms with Crippen LogP contribution in [0.4, 0.5) is 13.2 Å². The van der Waals surface area contributed by atoms with Crippen LogP contribution >= 0.6 is 35.3 Å². The summed E-state index contributed by atoms with van der Waals surface area (Å²) in [5.74, 6) is -4.80. The van der Waals surface area contributed by atoms with Crippen LogP contribution in [0.15, 0.2) is 16.4 Å². The number of nitrogens with one attached hydrogen (secondary N) is 3. The maximum Gasteiger partial charge on any atom is 0.442 e. The number of carbonyl (C=O) groups excluding carboxylic acids is 2. The van der Waals surface area contributed by atoms with Crippen LogP contribution in [-0.2, 0) is 29.4 Å². The number of thioether (sulfide) groups is 3. The van der Waals surface area contributed by atoms with E-state index in [1.807, 2.05) is 4.72 Å². The lowest BCUT2D eigenvalue weighted by Crippen LogP contribution is -2.81. The number of rotatable bonds is 12. The van der Waals surface area contributed by atoms with Crippen LogP contribution in [0, 0.1) is 0 Å². The molecule has 1 aromatic rings. The molecule has 1 fully saturated rings. The highest BCUT2D eigenvalue weighted by atomic mass is 32.2. The van der Waals surface area contributed by atoms with Gasteiger partial charge in [0.15, 0.2) is 0 Å². The number of β-lactam (4-membered cyclic amide) rings is 1. The van der Waals surface area contributed by atoms with E-state index in [1.165, 1.54) is 0 Å². The van der Waals surface area contributed by atoms with Gasteiger partial charge in [-0.25, -0.2) is 4.79 Å². The third-order valence-corrected chi connectivity index (χ3v) is 8.76. The number of fused-ring (bicyclic) bond motifs is 1. The van der Waals surface area contributed by atoms with Crippen LogP contribution in [-0.4, -0.2) is 108 Å². The zero-order chi connectivity index (χ0) is 27.6. The summed E-state index contributed by atoms with van der Waals surface area (Å²) in [7, 11) is -3.50. The molecule has 0 saturated carbocycles. The average molecular weight is 610 g/mol. The molecule has 3 atom stereocenters. The summed E-state index contributed by atoms with van der Waals surface area (Å²) in [6.45, 7) is -0.318. The van der Waals surface area contributed by atoms with Crippen molar-refractivity contribution in [2.24, 2.45) is 0 Å². The molecule has 2 amide bonds. The molecule has 3 heterocycles. The summed E-state index contributed by atoms with van der Waals surface area (Å²) >= 11 is 1.27.